The maximum absolute atomic E-state index is 2.45. The third kappa shape index (κ3) is 4.55. The van der Waals surface area contributed by atoms with Gasteiger partial charge in [0.05, 0.1) is 21.4 Å². The highest BCUT2D eigenvalue weighted by Gasteiger charge is 2.21. The number of aromatic nitrogens is 1. The summed E-state index contributed by atoms with van der Waals surface area (Å²) in [5, 5.41) is 7.75. The Bertz CT molecular complexity index is 3130. The number of rotatable bonds is 5. The molecule has 11 aromatic rings. The molecule has 0 N–H and O–H groups in total. The molecule has 0 atom stereocenters. The maximum Gasteiger partial charge on any atom is 0.0640 e. The molecule has 0 saturated carbocycles. The van der Waals surface area contributed by atoms with Crippen molar-refractivity contribution in [3.05, 3.63) is 182 Å². The molecule has 0 aliphatic heterocycles. The SMILES string of the molecule is c1ccc(-n2c3ccccc3c3ccc(N(c4ccc(-c5ccc6c(c5)sc5ccccc56)cc4)c4cccc5c4sc4ccccc45)cc32)cc1. The third-order valence-corrected chi connectivity index (χ3v) is 12.7. The molecular formula is C48H30N2S2. The van der Waals surface area contributed by atoms with Crippen molar-refractivity contribution < 1.29 is 0 Å². The molecule has 11 rings (SSSR count). The quantitative estimate of drug-likeness (QED) is 0.174. The number of para-hydroxylation sites is 2. The van der Waals surface area contributed by atoms with E-state index in [1.54, 1.807) is 0 Å². The van der Waals surface area contributed by atoms with Gasteiger partial charge in [0.15, 0.2) is 0 Å². The lowest BCUT2D eigenvalue weighted by molar-refractivity contribution is 1.18. The Morgan fingerprint density at radius 3 is 1.79 bits per heavy atom. The minimum absolute atomic E-state index is 1.12. The van der Waals surface area contributed by atoms with Crippen molar-refractivity contribution in [3.63, 3.8) is 0 Å². The Hall–Kier alpha value is -6.20. The Balaban J connectivity index is 1.11. The molecule has 0 radical (unpaired) electrons. The van der Waals surface area contributed by atoms with Gasteiger partial charge in [-0.3, -0.25) is 0 Å². The number of fused-ring (bicyclic) bond motifs is 9. The minimum atomic E-state index is 1.12. The van der Waals surface area contributed by atoms with E-state index >= 15 is 0 Å². The van der Waals surface area contributed by atoms with Crippen LogP contribution < -0.4 is 4.90 Å². The summed E-state index contributed by atoms with van der Waals surface area (Å²) in [7, 11) is 0. The van der Waals surface area contributed by atoms with Crippen LogP contribution in [0.1, 0.15) is 0 Å². The molecule has 0 bridgehead atoms. The van der Waals surface area contributed by atoms with Crippen LogP contribution in [-0.2, 0) is 0 Å². The summed E-state index contributed by atoms with van der Waals surface area (Å²) in [5.41, 5.74) is 9.42. The van der Waals surface area contributed by atoms with Crippen molar-refractivity contribution in [1.29, 1.82) is 0 Å². The van der Waals surface area contributed by atoms with Crippen LogP contribution in [0.3, 0.4) is 0 Å². The van der Waals surface area contributed by atoms with Gasteiger partial charge in [-0.2, -0.15) is 0 Å². The van der Waals surface area contributed by atoms with Gasteiger partial charge >= 0.3 is 0 Å². The van der Waals surface area contributed by atoms with Crippen LogP contribution in [0.25, 0.3) is 79.0 Å². The molecule has 0 spiro atoms. The number of nitrogens with zero attached hydrogens (tertiary/aromatic N) is 2. The van der Waals surface area contributed by atoms with E-state index in [9.17, 15) is 0 Å². The first-order valence-electron chi connectivity index (χ1n) is 17.6. The molecule has 0 unspecified atom stereocenters. The molecule has 3 aromatic heterocycles. The Kier molecular flexibility index (Phi) is 6.63. The molecule has 52 heavy (non-hydrogen) atoms. The number of anilines is 3. The van der Waals surface area contributed by atoms with Crippen LogP contribution in [0, 0.1) is 0 Å². The zero-order valence-corrected chi connectivity index (χ0v) is 29.7. The number of hydrogen-bond donors (Lipinski definition) is 0. The zero-order chi connectivity index (χ0) is 34.2. The fourth-order valence-corrected chi connectivity index (χ4v) is 10.3. The largest absolute Gasteiger partial charge is 0.309 e. The standard InChI is InChI=1S/C48H30N2S2/c1-2-11-33(12-3-1)50-42-17-7-4-13-36(42)37-28-26-35(30-44(37)50)49(43-18-10-16-41-39-15-6-9-20-46(39)52-48(41)43)34-24-21-31(22-25-34)32-23-27-40-38-14-5-8-19-45(38)51-47(40)29-32/h1-30H. The van der Waals surface area contributed by atoms with Crippen molar-refractivity contribution in [1.82, 2.24) is 4.57 Å². The second-order valence-corrected chi connectivity index (χ2v) is 15.5. The lowest BCUT2D eigenvalue weighted by Crippen LogP contribution is -2.10. The fourth-order valence-electron chi connectivity index (χ4n) is 8.00. The van der Waals surface area contributed by atoms with Crippen molar-refractivity contribution in [2.45, 2.75) is 0 Å². The minimum Gasteiger partial charge on any atom is -0.309 e. The van der Waals surface area contributed by atoms with Crippen LogP contribution in [0.5, 0.6) is 0 Å². The second kappa shape index (κ2) is 11.7. The predicted octanol–water partition coefficient (Wildman–Crippen LogP) is 14.7. The van der Waals surface area contributed by atoms with Crippen molar-refractivity contribution in [3.8, 4) is 16.8 Å². The number of hydrogen-bond acceptors (Lipinski definition) is 3. The highest BCUT2D eigenvalue weighted by Crippen LogP contribution is 2.46. The molecule has 0 saturated heterocycles. The molecule has 0 aliphatic rings. The zero-order valence-electron chi connectivity index (χ0n) is 28.0. The Morgan fingerprint density at radius 1 is 0.365 bits per heavy atom. The third-order valence-electron chi connectivity index (χ3n) is 10.4. The fraction of sp³-hybridized carbons (Fsp3) is 0. The highest BCUT2D eigenvalue weighted by atomic mass is 32.1. The van der Waals surface area contributed by atoms with Crippen molar-refractivity contribution in [2.75, 3.05) is 4.90 Å². The highest BCUT2D eigenvalue weighted by molar-refractivity contribution is 7.26. The molecule has 2 nitrogen and oxygen atoms in total. The maximum atomic E-state index is 2.45. The van der Waals surface area contributed by atoms with Gasteiger partial charge in [0, 0.05) is 63.5 Å². The van der Waals surface area contributed by atoms with Gasteiger partial charge in [-0.25, -0.2) is 0 Å². The molecule has 8 aromatic carbocycles. The lowest BCUT2D eigenvalue weighted by Gasteiger charge is -2.26. The molecular weight excluding hydrogens is 669 g/mol. The van der Waals surface area contributed by atoms with E-state index < -0.39 is 0 Å². The van der Waals surface area contributed by atoms with Crippen molar-refractivity contribution >= 4 is 102 Å². The van der Waals surface area contributed by atoms with Crippen LogP contribution >= 0.6 is 22.7 Å². The summed E-state index contributed by atoms with van der Waals surface area (Å²) in [6.45, 7) is 0. The second-order valence-electron chi connectivity index (χ2n) is 13.3. The summed E-state index contributed by atoms with van der Waals surface area (Å²) in [6, 6.07) is 66.7. The van der Waals surface area contributed by atoms with E-state index in [0.717, 1.165) is 17.1 Å². The first kappa shape index (κ1) is 29.5. The summed E-state index contributed by atoms with van der Waals surface area (Å²) >= 11 is 3.74. The van der Waals surface area contributed by atoms with Gasteiger partial charge < -0.3 is 9.47 Å². The monoisotopic (exact) mass is 698 g/mol. The molecule has 3 heterocycles. The van der Waals surface area contributed by atoms with Gasteiger partial charge in [0.2, 0.25) is 0 Å². The van der Waals surface area contributed by atoms with E-state index in [1.807, 2.05) is 22.7 Å². The van der Waals surface area contributed by atoms with Gasteiger partial charge in [-0.05, 0) is 77.9 Å². The van der Waals surface area contributed by atoms with E-state index in [1.165, 1.54) is 79.0 Å². The van der Waals surface area contributed by atoms with E-state index in [2.05, 4.69) is 191 Å². The van der Waals surface area contributed by atoms with Crippen molar-refractivity contribution in [2.24, 2.45) is 0 Å². The molecule has 0 aliphatic carbocycles. The van der Waals surface area contributed by atoms with E-state index in [4.69, 9.17) is 0 Å². The summed E-state index contributed by atoms with van der Waals surface area (Å²) in [5.74, 6) is 0. The van der Waals surface area contributed by atoms with Crippen LogP contribution in [0.2, 0.25) is 0 Å². The molecule has 0 amide bonds. The first-order chi connectivity index (χ1) is 25.8. The average molecular weight is 699 g/mol. The number of thiophene rings is 2. The molecule has 244 valence electrons. The number of benzene rings is 8. The van der Waals surface area contributed by atoms with Gasteiger partial charge in [0.25, 0.3) is 0 Å². The Morgan fingerprint density at radius 2 is 0.962 bits per heavy atom. The topological polar surface area (TPSA) is 8.17 Å². The van der Waals surface area contributed by atoms with Crippen LogP contribution in [0.4, 0.5) is 17.1 Å². The van der Waals surface area contributed by atoms with Crippen LogP contribution in [0.15, 0.2) is 182 Å². The first-order valence-corrected chi connectivity index (χ1v) is 19.2. The lowest BCUT2D eigenvalue weighted by atomic mass is 10.0. The summed E-state index contributed by atoms with van der Waals surface area (Å²) < 4.78 is 7.64. The molecule has 4 heteroatoms. The smallest absolute Gasteiger partial charge is 0.0640 e. The van der Waals surface area contributed by atoms with Gasteiger partial charge in [0.1, 0.15) is 0 Å². The summed E-state index contributed by atoms with van der Waals surface area (Å²) in [4.78, 5) is 2.45. The van der Waals surface area contributed by atoms with Gasteiger partial charge in [-0.15, -0.1) is 22.7 Å². The normalized spacial score (nSPS) is 11.8. The average Bonchev–Trinajstić information content (AvgIpc) is 3.88. The van der Waals surface area contributed by atoms with Gasteiger partial charge in [-0.1, -0.05) is 115 Å². The Labute approximate surface area is 308 Å². The molecule has 0 fully saturated rings. The predicted molar refractivity (Wildman–Crippen MR) is 227 cm³/mol. The van der Waals surface area contributed by atoms with E-state index in [0.29, 0.717) is 0 Å². The van der Waals surface area contributed by atoms with E-state index in [-0.39, 0.29) is 0 Å². The van der Waals surface area contributed by atoms with Crippen LogP contribution in [-0.4, -0.2) is 4.57 Å². The summed E-state index contributed by atoms with van der Waals surface area (Å²) in [6.07, 6.45) is 0.